The van der Waals surface area contributed by atoms with Gasteiger partial charge in [-0.2, -0.15) is 5.26 Å². The van der Waals surface area contributed by atoms with Crippen molar-refractivity contribution < 1.29 is 0 Å². The van der Waals surface area contributed by atoms with Gasteiger partial charge in [0.1, 0.15) is 0 Å². The molecule has 0 saturated carbocycles. The van der Waals surface area contributed by atoms with Gasteiger partial charge in [-0.15, -0.1) is 0 Å². The molecule has 5 heteroatoms. The molecule has 2 aromatic rings. The molecule has 1 aromatic heterocycles. The van der Waals surface area contributed by atoms with Crippen molar-refractivity contribution in [2.45, 2.75) is 37.2 Å². The van der Waals surface area contributed by atoms with E-state index in [0.717, 1.165) is 6.42 Å². The van der Waals surface area contributed by atoms with E-state index in [1.54, 1.807) is 10.6 Å². The molecule has 0 aliphatic carbocycles. The number of hydrogen-bond donors (Lipinski definition) is 0. The molecule has 0 radical (unpaired) electrons. The van der Waals surface area contributed by atoms with Crippen LogP contribution in [-0.2, 0) is 6.54 Å². The Morgan fingerprint density at radius 1 is 1.47 bits per heavy atom. The van der Waals surface area contributed by atoms with Gasteiger partial charge in [0.15, 0.2) is 5.16 Å². The highest BCUT2D eigenvalue weighted by atomic mass is 32.2. The van der Waals surface area contributed by atoms with Crippen LogP contribution in [0.4, 0.5) is 0 Å². The van der Waals surface area contributed by atoms with Crippen molar-refractivity contribution in [2.24, 2.45) is 0 Å². The van der Waals surface area contributed by atoms with Crippen LogP contribution < -0.4 is 5.56 Å². The molecule has 98 valence electrons. The summed E-state index contributed by atoms with van der Waals surface area (Å²) in [5.74, 6) is 0. The van der Waals surface area contributed by atoms with Crippen molar-refractivity contribution in [1.29, 1.82) is 5.26 Å². The Labute approximate surface area is 116 Å². The summed E-state index contributed by atoms with van der Waals surface area (Å²) >= 11 is 1.33. The smallest absolute Gasteiger partial charge is 0.262 e. The molecule has 0 bridgehead atoms. The highest BCUT2D eigenvalue weighted by Crippen LogP contribution is 2.22. The Bertz CT molecular complexity index is 687. The second-order valence-electron chi connectivity index (χ2n) is 4.26. The first-order valence-electron chi connectivity index (χ1n) is 6.23. The van der Waals surface area contributed by atoms with E-state index in [-0.39, 0.29) is 10.8 Å². The first-order valence-corrected chi connectivity index (χ1v) is 7.11. The van der Waals surface area contributed by atoms with E-state index in [2.05, 4.69) is 11.1 Å². The lowest BCUT2D eigenvalue weighted by molar-refractivity contribution is 0.584. The first kappa shape index (κ1) is 13.6. The molecule has 0 spiro atoms. The molecule has 1 heterocycles. The molecule has 0 aliphatic heterocycles. The van der Waals surface area contributed by atoms with E-state index in [1.807, 2.05) is 32.0 Å². The average Bonchev–Trinajstić information content (AvgIpc) is 2.43. The molecule has 19 heavy (non-hydrogen) atoms. The van der Waals surface area contributed by atoms with Crippen molar-refractivity contribution in [1.82, 2.24) is 9.55 Å². The molecule has 0 saturated heterocycles. The number of para-hydroxylation sites is 1. The number of aromatic nitrogens is 2. The Morgan fingerprint density at radius 2 is 2.21 bits per heavy atom. The van der Waals surface area contributed by atoms with E-state index < -0.39 is 0 Å². The topological polar surface area (TPSA) is 58.7 Å². The van der Waals surface area contributed by atoms with Gasteiger partial charge in [-0.3, -0.25) is 9.36 Å². The predicted molar refractivity (Wildman–Crippen MR) is 77.2 cm³/mol. The summed E-state index contributed by atoms with van der Waals surface area (Å²) in [7, 11) is 0. The van der Waals surface area contributed by atoms with E-state index in [0.29, 0.717) is 22.6 Å². The third kappa shape index (κ3) is 2.79. The lowest BCUT2D eigenvalue weighted by Crippen LogP contribution is -2.23. The van der Waals surface area contributed by atoms with Crippen molar-refractivity contribution in [3.05, 3.63) is 34.6 Å². The van der Waals surface area contributed by atoms with E-state index >= 15 is 0 Å². The quantitative estimate of drug-likeness (QED) is 0.635. The van der Waals surface area contributed by atoms with Crippen LogP contribution in [0.1, 0.15) is 20.3 Å². The molecular weight excluding hydrogens is 258 g/mol. The summed E-state index contributed by atoms with van der Waals surface area (Å²) in [5, 5.41) is 9.94. The maximum absolute atomic E-state index is 12.4. The second kappa shape index (κ2) is 5.89. The SMILES string of the molecule is CCCn1c(S[C@@H](C)C#N)nc2ccccc2c1=O. The van der Waals surface area contributed by atoms with Gasteiger partial charge < -0.3 is 0 Å². The van der Waals surface area contributed by atoms with Gasteiger partial charge in [0, 0.05) is 6.54 Å². The minimum Gasteiger partial charge on any atom is -0.287 e. The fraction of sp³-hybridized carbons (Fsp3) is 0.357. The second-order valence-corrected chi connectivity index (χ2v) is 5.57. The number of thioether (sulfide) groups is 1. The summed E-state index contributed by atoms with van der Waals surface area (Å²) in [5.41, 5.74) is 0.660. The molecular formula is C14H15N3OS. The minimum absolute atomic E-state index is 0.0277. The molecule has 1 aromatic carbocycles. The third-order valence-corrected chi connectivity index (χ3v) is 3.72. The zero-order chi connectivity index (χ0) is 13.8. The molecule has 0 aliphatic rings. The Balaban J connectivity index is 2.63. The third-order valence-electron chi connectivity index (χ3n) is 2.74. The standard InChI is InChI=1S/C14H15N3OS/c1-3-8-17-13(18)11-6-4-5-7-12(11)16-14(17)19-10(2)9-15/h4-7,10H,3,8H2,1-2H3/t10-/m0/s1. The zero-order valence-corrected chi connectivity index (χ0v) is 11.8. The van der Waals surface area contributed by atoms with Crippen LogP contribution >= 0.6 is 11.8 Å². The number of fused-ring (bicyclic) bond motifs is 1. The Hall–Kier alpha value is -1.80. The predicted octanol–water partition coefficient (Wildman–Crippen LogP) is 2.81. The van der Waals surface area contributed by atoms with E-state index in [9.17, 15) is 4.79 Å². The van der Waals surface area contributed by atoms with Gasteiger partial charge in [-0.05, 0) is 25.5 Å². The lowest BCUT2D eigenvalue weighted by atomic mass is 10.2. The van der Waals surface area contributed by atoms with Crippen molar-refractivity contribution in [2.75, 3.05) is 0 Å². The van der Waals surface area contributed by atoms with Gasteiger partial charge in [0.2, 0.25) is 0 Å². The fourth-order valence-corrected chi connectivity index (χ4v) is 2.66. The van der Waals surface area contributed by atoms with Crippen LogP contribution in [0.3, 0.4) is 0 Å². The number of benzene rings is 1. The van der Waals surface area contributed by atoms with E-state index in [1.165, 1.54) is 11.8 Å². The summed E-state index contributed by atoms with van der Waals surface area (Å²) < 4.78 is 1.67. The van der Waals surface area contributed by atoms with Crippen LogP contribution in [-0.4, -0.2) is 14.8 Å². The summed E-state index contributed by atoms with van der Waals surface area (Å²) in [4.78, 5) is 17.0. The van der Waals surface area contributed by atoms with Crippen LogP contribution in [0.25, 0.3) is 10.9 Å². The molecule has 0 N–H and O–H groups in total. The van der Waals surface area contributed by atoms with Gasteiger partial charge >= 0.3 is 0 Å². The minimum atomic E-state index is -0.226. The van der Waals surface area contributed by atoms with E-state index in [4.69, 9.17) is 5.26 Å². The average molecular weight is 273 g/mol. The van der Waals surface area contributed by atoms with Crippen LogP contribution in [0, 0.1) is 11.3 Å². The number of hydrogen-bond acceptors (Lipinski definition) is 4. The maximum Gasteiger partial charge on any atom is 0.262 e. The summed E-state index contributed by atoms with van der Waals surface area (Å²) in [6.45, 7) is 4.45. The first-order chi connectivity index (χ1) is 9.17. The normalized spacial score (nSPS) is 12.3. The molecule has 2 rings (SSSR count). The number of nitrogens with zero attached hydrogens (tertiary/aromatic N) is 3. The Kier molecular flexibility index (Phi) is 4.23. The van der Waals surface area contributed by atoms with Crippen LogP contribution in [0.2, 0.25) is 0 Å². The van der Waals surface area contributed by atoms with Crippen molar-refractivity contribution in [3.8, 4) is 6.07 Å². The highest BCUT2D eigenvalue weighted by molar-refractivity contribution is 8.00. The fourth-order valence-electron chi connectivity index (χ4n) is 1.84. The molecule has 4 nitrogen and oxygen atoms in total. The zero-order valence-electron chi connectivity index (χ0n) is 11.0. The monoisotopic (exact) mass is 273 g/mol. The molecule has 0 amide bonds. The summed E-state index contributed by atoms with van der Waals surface area (Å²) in [6, 6.07) is 9.48. The van der Waals surface area contributed by atoms with Crippen molar-refractivity contribution in [3.63, 3.8) is 0 Å². The van der Waals surface area contributed by atoms with Gasteiger partial charge in [0.25, 0.3) is 5.56 Å². The molecule has 0 unspecified atom stereocenters. The molecule has 0 fully saturated rings. The van der Waals surface area contributed by atoms with Gasteiger partial charge in [0.05, 0.1) is 22.2 Å². The van der Waals surface area contributed by atoms with Crippen LogP contribution in [0.15, 0.2) is 34.2 Å². The lowest BCUT2D eigenvalue weighted by Gasteiger charge is -2.12. The number of nitriles is 1. The highest BCUT2D eigenvalue weighted by Gasteiger charge is 2.13. The summed E-state index contributed by atoms with van der Waals surface area (Å²) in [6.07, 6.45) is 0.856. The van der Waals surface area contributed by atoms with Gasteiger partial charge in [-0.1, -0.05) is 30.8 Å². The Morgan fingerprint density at radius 3 is 2.89 bits per heavy atom. The van der Waals surface area contributed by atoms with Crippen molar-refractivity contribution >= 4 is 22.7 Å². The largest absolute Gasteiger partial charge is 0.287 e. The maximum atomic E-state index is 12.4. The molecule has 1 atom stereocenters. The number of rotatable bonds is 4. The van der Waals surface area contributed by atoms with Crippen LogP contribution in [0.5, 0.6) is 0 Å². The van der Waals surface area contributed by atoms with Gasteiger partial charge in [-0.25, -0.2) is 4.98 Å².